The Morgan fingerprint density at radius 1 is 1.26 bits per heavy atom. The largest absolute Gasteiger partial charge is 0.492 e. The van der Waals surface area contributed by atoms with Gasteiger partial charge in [0.2, 0.25) is 5.91 Å². The molecule has 0 bridgehead atoms. The van der Waals surface area contributed by atoms with Crippen LogP contribution in [-0.2, 0) is 11.2 Å². The number of anilines is 1. The number of furan rings is 1. The first-order chi connectivity index (χ1) is 13.1. The van der Waals surface area contributed by atoms with Gasteiger partial charge in [-0.3, -0.25) is 14.9 Å². The van der Waals surface area contributed by atoms with Gasteiger partial charge in [0.1, 0.15) is 12.4 Å². The van der Waals surface area contributed by atoms with Crippen molar-refractivity contribution < 1.29 is 18.7 Å². The van der Waals surface area contributed by atoms with Gasteiger partial charge in [-0.15, -0.1) is 11.3 Å². The lowest BCUT2D eigenvalue weighted by atomic mass is 10.3. The zero-order chi connectivity index (χ0) is 19.1. The number of carbonyl (C=O) groups excluding carboxylic acids is 2. The smallest absolute Gasteiger partial charge is 0.293 e. The Hall–Kier alpha value is -2.84. The summed E-state index contributed by atoms with van der Waals surface area (Å²) in [6.07, 6.45) is 1.53. The molecule has 0 saturated carbocycles. The van der Waals surface area contributed by atoms with Crippen molar-refractivity contribution in [3.8, 4) is 5.75 Å². The highest BCUT2D eigenvalue weighted by Crippen LogP contribution is 2.18. The van der Waals surface area contributed by atoms with Crippen LogP contribution in [0.5, 0.6) is 5.75 Å². The molecule has 0 radical (unpaired) electrons. The van der Waals surface area contributed by atoms with Gasteiger partial charge in [-0.05, 0) is 30.3 Å². The fraction of sp³-hybridized carbons (Fsp3) is 0.167. The number of hydrogen-bond acceptors (Lipinski definition) is 6. The van der Waals surface area contributed by atoms with E-state index < -0.39 is 0 Å². The van der Waals surface area contributed by atoms with E-state index in [1.165, 1.54) is 17.6 Å². The van der Waals surface area contributed by atoms with Crippen LogP contribution in [0.4, 0.5) is 5.13 Å². The fourth-order valence-corrected chi connectivity index (χ4v) is 3.04. The summed E-state index contributed by atoms with van der Waals surface area (Å²) in [5.74, 6) is 0.278. The fourth-order valence-electron chi connectivity index (χ4n) is 2.16. The third-order valence-corrected chi connectivity index (χ3v) is 4.39. The molecule has 140 valence electrons. The number of nitrogens with one attached hydrogen (secondary N) is 2. The molecule has 3 rings (SSSR count). The van der Waals surface area contributed by atoms with Gasteiger partial charge in [0.25, 0.3) is 5.91 Å². The highest BCUT2D eigenvalue weighted by molar-refractivity contribution is 7.14. The Morgan fingerprint density at radius 3 is 2.93 bits per heavy atom. The zero-order valence-electron chi connectivity index (χ0n) is 14.1. The standard InChI is InChI=1S/C18H16ClN3O4S/c19-12-3-1-4-14(9-12)25-8-6-20-16(23)10-13-11-27-18(21-13)22-17(24)15-5-2-7-26-15/h1-5,7,9,11H,6,8,10H2,(H,20,23)(H,21,22,24). The normalized spacial score (nSPS) is 10.4. The number of aromatic nitrogens is 1. The molecular weight excluding hydrogens is 390 g/mol. The Morgan fingerprint density at radius 2 is 2.15 bits per heavy atom. The van der Waals surface area contributed by atoms with Crippen LogP contribution in [0.25, 0.3) is 0 Å². The van der Waals surface area contributed by atoms with Gasteiger partial charge in [0.05, 0.1) is 24.9 Å². The van der Waals surface area contributed by atoms with Crippen molar-refractivity contribution in [2.45, 2.75) is 6.42 Å². The minimum Gasteiger partial charge on any atom is -0.492 e. The highest BCUT2D eigenvalue weighted by Gasteiger charge is 2.12. The molecule has 0 atom stereocenters. The average Bonchev–Trinajstić information content (AvgIpc) is 3.31. The Labute approximate surface area is 164 Å². The SMILES string of the molecule is O=C(Cc1csc(NC(=O)c2ccco2)n1)NCCOc1cccc(Cl)c1. The Kier molecular flexibility index (Phi) is 6.45. The van der Waals surface area contributed by atoms with Crippen molar-refractivity contribution in [1.82, 2.24) is 10.3 Å². The summed E-state index contributed by atoms with van der Waals surface area (Å²) in [5, 5.41) is 8.10. The number of hydrogen-bond donors (Lipinski definition) is 2. The lowest BCUT2D eigenvalue weighted by Gasteiger charge is -2.07. The average molecular weight is 406 g/mol. The maximum Gasteiger partial charge on any atom is 0.293 e. The molecule has 0 aliphatic carbocycles. The Balaban J connectivity index is 1.39. The topological polar surface area (TPSA) is 93.5 Å². The summed E-state index contributed by atoms with van der Waals surface area (Å²) < 4.78 is 10.5. The predicted octanol–water partition coefficient (Wildman–Crippen LogP) is 3.38. The molecule has 27 heavy (non-hydrogen) atoms. The summed E-state index contributed by atoms with van der Waals surface area (Å²) in [6, 6.07) is 10.2. The second-order valence-corrected chi connectivity index (χ2v) is 6.70. The summed E-state index contributed by atoms with van der Waals surface area (Å²) >= 11 is 7.12. The quantitative estimate of drug-likeness (QED) is 0.560. The maximum absolute atomic E-state index is 12.0. The van der Waals surface area contributed by atoms with Crippen LogP contribution in [0.1, 0.15) is 16.2 Å². The third kappa shape index (κ3) is 5.83. The molecule has 2 amide bonds. The van der Waals surface area contributed by atoms with Gasteiger partial charge in [-0.2, -0.15) is 0 Å². The van der Waals surface area contributed by atoms with E-state index in [1.54, 1.807) is 41.8 Å². The van der Waals surface area contributed by atoms with Crippen molar-refractivity contribution in [2.24, 2.45) is 0 Å². The number of amides is 2. The van der Waals surface area contributed by atoms with E-state index in [0.29, 0.717) is 34.7 Å². The number of ether oxygens (including phenoxy) is 1. The molecule has 2 aromatic heterocycles. The molecule has 2 heterocycles. The second kappa shape index (κ2) is 9.20. The van der Waals surface area contributed by atoms with Crippen LogP contribution < -0.4 is 15.4 Å². The van der Waals surface area contributed by atoms with Crippen LogP contribution in [0, 0.1) is 0 Å². The molecular formula is C18H16ClN3O4S. The van der Waals surface area contributed by atoms with E-state index in [-0.39, 0.29) is 24.0 Å². The third-order valence-electron chi connectivity index (χ3n) is 3.35. The number of halogens is 1. The molecule has 0 aliphatic rings. The van der Waals surface area contributed by atoms with E-state index in [4.69, 9.17) is 20.8 Å². The first kappa shape index (κ1) is 18.9. The van der Waals surface area contributed by atoms with Crippen LogP contribution in [0.15, 0.2) is 52.5 Å². The molecule has 0 unspecified atom stereocenters. The van der Waals surface area contributed by atoms with Gasteiger partial charge >= 0.3 is 0 Å². The van der Waals surface area contributed by atoms with Crippen LogP contribution in [0.3, 0.4) is 0 Å². The molecule has 9 heteroatoms. The minimum absolute atomic E-state index is 0.115. The molecule has 0 spiro atoms. The van der Waals surface area contributed by atoms with Gasteiger partial charge < -0.3 is 14.5 Å². The predicted molar refractivity (Wildman–Crippen MR) is 102 cm³/mol. The van der Waals surface area contributed by atoms with Crippen LogP contribution in [0.2, 0.25) is 5.02 Å². The molecule has 0 fully saturated rings. The van der Waals surface area contributed by atoms with Gasteiger partial charge in [-0.25, -0.2) is 4.98 Å². The summed E-state index contributed by atoms with van der Waals surface area (Å²) in [7, 11) is 0. The van der Waals surface area contributed by atoms with E-state index in [9.17, 15) is 9.59 Å². The van der Waals surface area contributed by atoms with Crippen molar-refractivity contribution in [1.29, 1.82) is 0 Å². The van der Waals surface area contributed by atoms with E-state index in [2.05, 4.69) is 15.6 Å². The lowest BCUT2D eigenvalue weighted by Crippen LogP contribution is -2.29. The van der Waals surface area contributed by atoms with Gasteiger partial charge in [-0.1, -0.05) is 17.7 Å². The van der Waals surface area contributed by atoms with Crippen molar-refractivity contribution in [3.05, 3.63) is 64.5 Å². The molecule has 0 saturated heterocycles. The first-order valence-electron chi connectivity index (χ1n) is 8.04. The highest BCUT2D eigenvalue weighted by atomic mass is 35.5. The monoisotopic (exact) mass is 405 g/mol. The van der Waals surface area contributed by atoms with E-state index >= 15 is 0 Å². The number of carbonyl (C=O) groups is 2. The summed E-state index contributed by atoms with van der Waals surface area (Å²) in [4.78, 5) is 28.1. The summed E-state index contributed by atoms with van der Waals surface area (Å²) in [5.41, 5.74) is 0.572. The van der Waals surface area contributed by atoms with Crippen molar-refractivity contribution in [2.75, 3.05) is 18.5 Å². The van der Waals surface area contributed by atoms with Crippen LogP contribution in [-0.4, -0.2) is 29.9 Å². The van der Waals surface area contributed by atoms with Crippen molar-refractivity contribution >= 4 is 39.9 Å². The summed E-state index contributed by atoms with van der Waals surface area (Å²) in [6.45, 7) is 0.686. The first-order valence-corrected chi connectivity index (χ1v) is 9.30. The molecule has 7 nitrogen and oxygen atoms in total. The maximum atomic E-state index is 12.0. The Bertz CT molecular complexity index is 911. The minimum atomic E-state index is -0.386. The van der Waals surface area contributed by atoms with E-state index in [1.807, 2.05) is 0 Å². The number of thiazole rings is 1. The van der Waals surface area contributed by atoms with Crippen molar-refractivity contribution in [3.63, 3.8) is 0 Å². The second-order valence-electron chi connectivity index (χ2n) is 5.41. The van der Waals surface area contributed by atoms with Gasteiger partial charge in [0.15, 0.2) is 10.9 Å². The van der Waals surface area contributed by atoms with Gasteiger partial charge in [0, 0.05) is 10.4 Å². The number of nitrogens with zero attached hydrogens (tertiary/aromatic N) is 1. The molecule has 1 aromatic carbocycles. The van der Waals surface area contributed by atoms with E-state index in [0.717, 1.165) is 0 Å². The lowest BCUT2D eigenvalue weighted by molar-refractivity contribution is -0.120. The molecule has 3 aromatic rings. The van der Waals surface area contributed by atoms with Crippen LogP contribution >= 0.6 is 22.9 Å². The number of benzene rings is 1. The number of rotatable bonds is 8. The zero-order valence-corrected chi connectivity index (χ0v) is 15.7. The molecule has 0 aliphatic heterocycles. The molecule has 2 N–H and O–H groups in total.